The number of primary amides is 1. The van der Waals surface area contributed by atoms with Crippen molar-refractivity contribution in [2.24, 2.45) is 11.1 Å². The minimum absolute atomic E-state index is 0.145. The number of carbonyl (C=O) groups is 2. The van der Waals surface area contributed by atoms with Gasteiger partial charge in [0.1, 0.15) is 23.4 Å². The number of nitrogens with two attached hydrogens (primary N) is 1. The number of hydrogen-bond donors (Lipinski definition) is 2. The topological polar surface area (TPSA) is 92.9 Å². The van der Waals surface area contributed by atoms with Gasteiger partial charge in [-0.1, -0.05) is 11.6 Å². The lowest BCUT2D eigenvalue weighted by molar-refractivity contribution is -0.147. The molecule has 0 bridgehead atoms. The van der Waals surface area contributed by atoms with E-state index in [1.807, 2.05) is 0 Å². The Kier molecular flexibility index (Phi) is 4.21. The molecule has 6 nitrogen and oxygen atoms in total. The van der Waals surface area contributed by atoms with Gasteiger partial charge < -0.3 is 20.5 Å². The number of piperidine rings is 1. The highest BCUT2D eigenvalue weighted by Gasteiger charge is 2.57. The van der Waals surface area contributed by atoms with E-state index < -0.39 is 23.5 Å². The van der Waals surface area contributed by atoms with Gasteiger partial charge in [-0.15, -0.1) is 0 Å². The van der Waals surface area contributed by atoms with Crippen LogP contribution in [-0.2, 0) is 9.59 Å². The molecule has 1 saturated carbocycles. The molecule has 23 heavy (non-hydrogen) atoms. The van der Waals surface area contributed by atoms with Gasteiger partial charge in [0.2, 0.25) is 11.8 Å². The Hall–Kier alpha value is -1.79. The van der Waals surface area contributed by atoms with Crippen LogP contribution in [0.15, 0.2) is 24.3 Å². The van der Waals surface area contributed by atoms with Crippen molar-refractivity contribution in [2.75, 3.05) is 13.1 Å². The molecule has 124 valence electrons. The molecule has 1 aliphatic heterocycles. The molecule has 1 heterocycles. The lowest BCUT2D eigenvalue weighted by Gasteiger charge is -2.37. The average molecular weight is 339 g/mol. The molecule has 1 aromatic rings. The smallest absolute Gasteiger partial charge is 0.238 e. The SMILES string of the molecule is NC(=O)C1(C(=O)N2CC[C@@H](Oc3ccc(Cl)cc3)[C@H](O)C2)CC1. The first-order chi connectivity index (χ1) is 10.9. The number of amides is 2. The maximum absolute atomic E-state index is 12.4. The third-order valence-corrected chi connectivity index (χ3v) is 4.79. The first-order valence-corrected chi connectivity index (χ1v) is 8.00. The molecule has 0 unspecified atom stereocenters. The molecule has 0 spiro atoms. The summed E-state index contributed by atoms with van der Waals surface area (Å²) >= 11 is 5.82. The number of hydrogen-bond acceptors (Lipinski definition) is 4. The number of likely N-dealkylation sites (tertiary alicyclic amines) is 1. The molecule has 1 aliphatic carbocycles. The zero-order valence-corrected chi connectivity index (χ0v) is 13.3. The van der Waals surface area contributed by atoms with Crippen molar-refractivity contribution in [1.82, 2.24) is 4.90 Å². The van der Waals surface area contributed by atoms with E-state index in [-0.39, 0.29) is 12.5 Å². The summed E-state index contributed by atoms with van der Waals surface area (Å²) in [5.41, 5.74) is 4.29. The lowest BCUT2D eigenvalue weighted by atomic mass is 9.99. The lowest BCUT2D eigenvalue weighted by Crippen LogP contribution is -2.54. The fourth-order valence-electron chi connectivity index (χ4n) is 2.91. The number of aliphatic hydroxyl groups is 1. The molecule has 2 amide bonds. The van der Waals surface area contributed by atoms with Gasteiger partial charge >= 0.3 is 0 Å². The van der Waals surface area contributed by atoms with E-state index in [9.17, 15) is 14.7 Å². The zero-order valence-electron chi connectivity index (χ0n) is 12.6. The van der Waals surface area contributed by atoms with Gasteiger partial charge in [-0.25, -0.2) is 0 Å². The number of carbonyl (C=O) groups excluding carboxylic acids is 2. The third kappa shape index (κ3) is 3.14. The summed E-state index contributed by atoms with van der Waals surface area (Å²) in [5, 5.41) is 10.9. The summed E-state index contributed by atoms with van der Waals surface area (Å²) in [6.45, 7) is 0.579. The van der Waals surface area contributed by atoms with Crippen molar-refractivity contribution < 1.29 is 19.4 Å². The Morgan fingerprint density at radius 2 is 1.96 bits per heavy atom. The van der Waals surface area contributed by atoms with Crippen LogP contribution in [0.25, 0.3) is 0 Å². The molecule has 3 rings (SSSR count). The van der Waals surface area contributed by atoms with Crippen LogP contribution < -0.4 is 10.5 Å². The quantitative estimate of drug-likeness (QED) is 0.799. The van der Waals surface area contributed by atoms with E-state index in [1.54, 1.807) is 24.3 Å². The van der Waals surface area contributed by atoms with Crippen molar-refractivity contribution in [3.8, 4) is 5.75 Å². The molecule has 0 radical (unpaired) electrons. The van der Waals surface area contributed by atoms with Crippen LogP contribution in [0.2, 0.25) is 5.02 Å². The van der Waals surface area contributed by atoms with Crippen LogP contribution in [-0.4, -0.2) is 47.1 Å². The number of ether oxygens (including phenoxy) is 1. The number of benzene rings is 1. The van der Waals surface area contributed by atoms with Crippen LogP contribution in [0.1, 0.15) is 19.3 Å². The number of halogens is 1. The Labute approximate surface area is 139 Å². The number of nitrogens with zero attached hydrogens (tertiary/aromatic N) is 1. The van der Waals surface area contributed by atoms with Crippen LogP contribution in [0.4, 0.5) is 0 Å². The fraction of sp³-hybridized carbons (Fsp3) is 0.500. The van der Waals surface area contributed by atoms with Crippen molar-refractivity contribution in [3.63, 3.8) is 0 Å². The highest BCUT2D eigenvalue weighted by molar-refractivity contribution is 6.30. The first-order valence-electron chi connectivity index (χ1n) is 7.62. The second-order valence-electron chi connectivity index (χ2n) is 6.16. The molecule has 2 fully saturated rings. The summed E-state index contributed by atoms with van der Waals surface area (Å²) in [6, 6.07) is 6.90. The highest BCUT2D eigenvalue weighted by Crippen LogP contribution is 2.47. The predicted molar refractivity (Wildman–Crippen MR) is 83.9 cm³/mol. The van der Waals surface area contributed by atoms with E-state index >= 15 is 0 Å². The van der Waals surface area contributed by atoms with Crippen LogP contribution in [0.3, 0.4) is 0 Å². The maximum Gasteiger partial charge on any atom is 0.238 e. The van der Waals surface area contributed by atoms with Crippen LogP contribution in [0.5, 0.6) is 5.75 Å². The molecule has 2 atom stereocenters. The van der Waals surface area contributed by atoms with E-state index in [0.717, 1.165) is 0 Å². The zero-order chi connectivity index (χ0) is 16.6. The summed E-state index contributed by atoms with van der Waals surface area (Å²) < 4.78 is 5.76. The molecular weight excluding hydrogens is 320 g/mol. The van der Waals surface area contributed by atoms with E-state index in [2.05, 4.69) is 0 Å². The minimum atomic E-state index is -1.04. The molecule has 7 heteroatoms. The maximum atomic E-state index is 12.4. The molecule has 3 N–H and O–H groups in total. The minimum Gasteiger partial charge on any atom is -0.488 e. The Morgan fingerprint density at radius 3 is 2.48 bits per heavy atom. The standard InChI is InChI=1S/C16H19ClN2O4/c17-10-1-3-11(4-2-10)23-13-5-8-19(9-12(13)20)15(22)16(6-7-16)14(18)21/h1-4,12-13,20H,5-9H2,(H2,18,21)/t12-,13-/m1/s1. The van der Waals surface area contributed by atoms with Gasteiger partial charge in [0.05, 0.1) is 6.54 Å². The predicted octanol–water partition coefficient (Wildman–Crippen LogP) is 0.946. The first kappa shape index (κ1) is 16.1. The largest absolute Gasteiger partial charge is 0.488 e. The van der Waals surface area contributed by atoms with Gasteiger partial charge in [-0.2, -0.15) is 0 Å². The number of β-amino-alcohol motifs (C(OH)–C–C–N with tert-alkyl or cyclic N) is 1. The van der Waals surface area contributed by atoms with E-state index in [0.29, 0.717) is 36.6 Å². The third-order valence-electron chi connectivity index (χ3n) is 4.54. The van der Waals surface area contributed by atoms with Gasteiger partial charge in [0.15, 0.2) is 0 Å². The van der Waals surface area contributed by atoms with Crippen LogP contribution in [0, 0.1) is 5.41 Å². The fourth-order valence-corrected chi connectivity index (χ4v) is 3.04. The number of aliphatic hydroxyl groups excluding tert-OH is 1. The monoisotopic (exact) mass is 338 g/mol. The Bertz CT molecular complexity index is 615. The van der Waals surface area contributed by atoms with Crippen molar-refractivity contribution in [3.05, 3.63) is 29.3 Å². The summed E-state index contributed by atoms with van der Waals surface area (Å²) in [5.74, 6) is -0.223. The second-order valence-corrected chi connectivity index (χ2v) is 6.60. The highest BCUT2D eigenvalue weighted by atomic mass is 35.5. The van der Waals surface area contributed by atoms with Gasteiger partial charge in [0, 0.05) is 18.0 Å². The van der Waals surface area contributed by atoms with Gasteiger partial charge in [-0.05, 0) is 37.1 Å². The number of rotatable bonds is 4. The summed E-state index contributed by atoms with van der Waals surface area (Å²) in [7, 11) is 0. The van der Waals surface area contributed by atoms with Gasteiger partial charge in [0.25, 0.3) is 0 Å². The Morgan fingerprint density at radius 1 is 1.30 bits per heavy atom. The van der Waals surface area contributed by atoms with Crippen LogP contribution >= 0.6 is 11.6 Å². The molecular formula is C16H19ClN2O4. The normalized spacial score (nSPS) is 25.7. The summed E-state index contributed by atoms with van der Waals surface area (Å²) in [6.07, 6.45) is 0.275. The summed E-state index contributed by atoms with van der Waals surface area (Å²) in [4.78, 5) is 25.4. The van der Waals surface area contributed by atoms with E-state index in [4.69, 9.17) is 22.1 Å². The average Bonchev–Trinajstić information content (AvgIpc) is 3.32. The van der Waals surface area contributed by atoms with Crippen molar-refractivity contribution in [1.29, 1.82) is 0 Å². The molecule has 1 saturated heterocycles. The van der Waals surface area contributed by atoms with Crippen molar-refractivity contribution in [2.45, 2.75) is 31.5 Å². The van der Waals surface area contributed by atoms with Crippen molar-refractivity contribution >= 4 is 23.4 Å². The second kappa shape index (κ2) is 6.02. The molecule has 1 aromatic carbocycles. The van der Waals surface area contributed by atoms with Gasteiger partial charge in [-0.3, -0.25) is 9.59 Å². The molecule has 2 aliphatic rings. The Balaban J connectivity index is 1.60. The molecule has 0 aromatic heterocycles. The van der Waals surface area contributed by atoms with E-state index in [1.165, 1.54) is 4.90 Å².